The fourth-order valence-electron chi connectivity index (χ4n) is 4.57. The van der Waals surface area contributed by atoms with Crippen LogP contribution < -0.4 is 9.47 Å². The summed E-state index contributed by atoms with van der Waals surface area (Å²) in [6.07, 6.45) is 0. The molecule has 4 nitrogen and oxygen atoms in total. The number of methoxy groups -OCH3 is 1. The predicted molar refractivity (Wildman–Crippen MR) is 122 cm³/mol. The lowest BCUT2D eigenvalue weighted by Gasteiger charge is -2.35. The standard InChI is InChI=1S/C27H26FNO3/c1-30-24-8-4-3-7-22(24)27-23(18-29-14-16-31-17-15-29)26(19-10-12-20(28)13-11-19)21-6-2-5-9-25(21)32-27/h2-13,26H,14-18H2,1H3/t26-/m0/s1. The van der Waals surface area contributed by atoms with Gasteiger partial charge in [-0.25, -0.2) is 4.39 Å². The topological polar surface area (TPSA) is 30.9 Å². The second-order valence-electron chi connectivity index (χ2n) is 8.07. The number of morpholine rings is 1. The predicted octanol–water partition coefficient (Wildman–Crippen LogP) is 5.10. The molecule has 2 aliphatic rings. The molecule has 0 aromatic heterocycles. The Morgan fingerprint density at radius 2 is 1.66 bits per heavy atom. The molecule has 1 atom stereocenters. The first-order valence-corrected chi connectivity index (χ1v) is 10.9. The third-order valence-corrected chi connectivity index (χ3v) is 6.13. The summed E-state index contributed by atoms with van der Waals surface area (Å²) >= 11 is 0. The molecule has 32 heavy (non-hydrogen) atoms. The number of hydrogen-bond acceptors (Lipinski definition) is 4. The highest BCUT2D eigenvalue weighted by molar-refractivity contribution is 5.75. The average Bonchev–Trinajstić information content (AvgIpc) is 2.85. The molecule has 2 heterocycles. The fourth-order valence-corrected chi connectivity index (χ4v) is 4.57. The monoisotopic (exact) mass is 431 g/mol. The highest BCUT2D eigenvalue weighted by atomic mass is 19.1. The van der Waals surface area contributed by atoms with Gasteiger partial charge in [0.1, 0.15) is 23.1 Å². The summed E-state index contributed by atoms with van der Waals surface area (Å²) in [5, 5.41) is 0. The van der Waals surface area contributed by atoms with E-state index in [4.69, 9.17) is 14.2 Å². The van der Waals surface area contributed by atoms with E-state index >= 15 is 0 Å². The maximum absolute atomic E-state index is 13.8. The summed E-state index contributed by atoms with van der Waals surface area (Å²) in [6, 6.07) is 22.8. The molecule has 2 aliphatic heterocycles. The highest BCUT2D eigenvalue weighted by Gasteiger charge is 2.33. The molecule has 5 rings (SSSR count). The molecular weight excluding hydrogens is 405 g/mol. The maximum atomic E-state index is 13.8. The van der Waals surface area contributed by atoms with Gasteiger partial charge in [0.25, 0.3) is 0 Å². The summed E-state index contributed by atoms with van der Waals surface area (Å²) in [5.41, 5.74) is 4.18. The van der Waals surface area contributed by atoms with Crippen LogP contribution in [0.5, 0.6) is 11.5 Å². The SMILES string of the molecule is COc1ccccc1C1=C(CN2CCOCC2)[C@@H](c2ccc(F)cc2)c2ccccc2O1. The lowest BCUT2D eigenvalue weighted by Crippen LogP contribution is -2.39. The first kappa shape index (κ1) is 20.7. The lowest BCUT2D eigenvalue weighted by molar-refractivity contribution is 0.0416. The number of para-hydroxylation sites is 2. The Kier molecular flexibility index (Phi) is 5.93. The molecule has 164 valence electrons. The largest absolute Gasteiger partial charge is 0.496 e. The van der Waals surface area contributed by atoms with Gasteiger partial charge in [0.2, 0.25) is 0 Å². The van der Waals surface area contributed by atoms with Gasteiger partial charge in [-0.05, 0) is 41.5 Å². The number of benzene rings is 3. The van der Waals surface area contributed by atoms with Crippen molar-refractivity contribution in [3.05, 3.63) is 101 Å². The molecule has 0 aliphatic carbocycles. The van der Waals surface area contributed by atoms with Crippen molar-refractivity contribution in [1.29, 1.82) is 0 Å². The number of nitrogens with zero attached hydrogens (tertiary/aromatic N) is 1. The van der Waals surface area contributed by atoms with Crippen LogP contribution in [0.3, 0.4) is 0 Å². The highest BCUT2D eigenvalue weighted by Crippen LogP contribution is 2.47. The first-order chi connectivity index (χ1) is 15.7. The first-order valence-electron chi connectivity index (χ1n) is 10.9. The van der Waals surface area contributed by atoms with Crippen LogP contribution in [0.15, 0.2) is 78.4 Å². The zero-order valence-corrected chi connectivity index (χ0v) is 18.1. The normalized spacial score (nSPS) is 18.8. The second kappa shape index (κ2) is 9.15. The van der Waals surface area contributed by atoms with Gasteiger partial charge in [0.05, 0.1) is 25.9 Å². The zero-order chi connectivity index (χ0) is 21.9. The molecule has 3 aromatic carbocycles. The molecule has 3 aromatic rings. The Morgan fingerprint density at radius 1 is 0.938 bits per heavy atom. The summed E-state index contributed by atoms with van der Waals surface area (Å²) in [6.45, 7) is 3.89. The summed E-state index contributed by atoms with van der Waals surface area (Å²) in [7, 11) is 1.68. The van der Waals surface area contributed by atoms with Crippen molar-refractivity contribution < 1.29 is 18.6 Å². The van der Waals surface area contributed by atoms with Crippen molar-refractivity contribution >= 4 is 5.76 Å². The van der Waals surface area contributed by atoms with Crippen LogP contribution in [-0.2, 0) is 4.74 Å². The van der Waals surface area contributed by atoms with E-state index in [0.29, 0.717) is 0 Å². The Labute approximate surface area is 187 Å². The number of hydrogen-bond donors (Lipinski definition) is 0. The molecule has 1 fully saturated rings. The third-order valence-electron chi connectivity index (χ3n) is 6.13. The second-order valence-corrected chi connectivity index (χ2v) is 8.07. The summed E-state index contributed by atoms with van der Waals surface area (Å²) in [4.78, 5) is 2.39. The van der Waals surface area contributed by atoms with Crippen molar-refractivity contribution in [3.63, 3.8) is 0 Å². The van der Waals surface area contributed by atoms with Crippen LogP contribution in [-0.4, -0.2) is 44.9 Å². The average molecular weight is 432 g/mol. The van der Waals surface area contributed by atoms with E-state index in [1.807, 2.05) is 54.6 Å². The van der Waals surface area contributed by atoms with Crippen molar-refractivity contribution in [2.75, 3.05) is 40.0 Å². The van der Waals surface area contributed by atoms with E-state index in [1.54, 1.807) is 7.11 Å². The van der Waals surface area contributed by atoms with Gasteiger partial charge in [-0.2, -0.15) is 0 Å². The molecular formula is C27H26FNO3. The van der Waals surface area contributed by atoms with Crippen LogP contribution >= 0.6 is 0 Å². The quantitative estimate of drug-likeness (QED) is 0.562. The van der Waals surface area contributed by atoms with Gasteiger partial charge in [-0.3, -0.25) is 4.90 Å². The zero-order valence-electron chi connectivity index (χ0n) is 18.1. The molecule has 1 saturated heterocycles. The van der Waals surface area contributed by atoms with E-state index in [9.17, 15) is 4.39 Å². The van der Waals surface area contributed by atoms with Crippen molar-refractivity contribution in [1.82, 2.24) is 4.90 Å². The Morgan fingerprint density at radius 3 is 2.44 bits per heavy atom. The van der Waals surface area contributed by atoms with Gasteiger partial charge in [0, 0.05) is 31.1 Å². The fraction of sp³-hybridized carbons (Fsp3) is 0.259. The van der Waals surface area contributed by atoms with E-state index in [0.717, 1.165) is 72.4 Å². The van der Waals surface area contributed by atoms with E-state index in [2.05, 4.69) is 11.0 Å². The Hall–Kier alpha value is -3.15. The summed E-state index contributed by atoms with van der Waals surface area (Å²) in [5.74, 6) is 2.09. The molecule has 0 saturated carbocycles. The number of ether oxygens (including phenoxy) is 3. The molecule has 0 bridgehead atoms. The minimum atomic E-state index is -0.238. The van der Waals surface area contributed by atoms with Gasteiger partial charge >= 0.3 is 0 Å². The lowest BCUT2D eigenvalue weighted by atomic mass is 9.81. The Bertz CT molecular complexity index is 1120. The number of rotatable bonds is 5. The van der Waals surface area contributed by atoms with Crippen LogP contribution in [0, 0.1) is 5.82 Å². The van der Waals surface area contributed by atoms with Crippen LogP contribution in [0.2, 0.25) is 0 Å². The maximum Gasteiger partial charge on any atom is 0.139 e. The van der Waals surface area contributed by atoms with Crippen LogP contribution in [0.4, 0.5) is 4.39 Å². The third kappa shape index (κ3) is 4.01. The van der Waals surface area contributed by atoms with Crippen molar-refractivity contribution in [3.8, 4) is 11.5 Å². The molecule has 0 N–H and O–H groups in total. The van der Waals surface area contributed by atoms with Gasteiger partial charge in [-0.15, -0.1) is 0 Å². The molecule has 0 unspecified atom stereocenters. The molecule has 5 heteroatoms. The molecule has 0 amide bonds. The van der Waals surface area contributed by atoms with Crippen LogP contribution in [0.1, 0.15) is 22.6 Å². The van der Waals surface area contributed by atoms with Crippen LogP contribution in [0.25, 0.3) is 5.76 Å². The van der Waals surface area contributed by atoms with E-state index in [-0.39, 0.29) is 11.7 Å². The van der Waals surface area contributed by atoms with E-state index in [1.165, 1.54) is 12.1 Å². The van der Waals surface area contributed by atoms with Crippen molar-refractivity contribution in [2.24, 2.45) is 0 Å². The minimum Gasteiger partial charge on any atom is -0.496 e. The van der Waals surface area contributed by atoms with Crippen molar-refractivity contribution in [2.45, 2.75) is 5.92 Å². The van der Waals surface area contributed by atoms with Gasteiger partial charge < -0.3 is 14.2 Å². The van der Waals surface area contributed by atoms with Gasteiger partial charge in [0.15, 0.2) is 0 Å². The van der Waals surface area contributed by atoms with Gasteiger partial charge in [-0.1, -0.05) is 42.5 Å². The Balaban J connectivity index is 1.71. The molecule has 0 radical (unpaired) electrons. The molecule has 0 spiro atoms. The number of halogens is 1. The number of fused-ring (bicyclic) bond motifs is 1. The summed E-state index contributed by atoms with van der Waals surface area (Å²) < 4.78 is 31.6. The minimum absolute atomic E-state index is 0.0525. The van der Waals surface area contributed by atoms with E-state index < -0.39 is 0 Å². The smallest absolute Gasteiger partial charge is 0.139 e.